The molecule has 0 saturated carbocycles. The van der Waals surface area contributed by atoms with Gasteiger partial charge in [0.25, 0.3) is 0 Å². The number of fused-ring (bicyclic) bond motifs is 1. The minimum Gasteiger partial charge on any atom is -0.342 e. The first kappa shape index (κ1) is 32.2. The second kappa shape index (κ2) is 14.1. The molecule has 4 aromatic rings. The molecule has 0 bridgehead atoms. The molecule has 1 aromatic carbocycles. The molecule has 230 valence electrons. The predicted octanol–water partition coefficient (Wildman–Crippen LogP) is 7.07. The maximum Gasteiger partial charge on any atom is 0.229 e. The van der Waals surface area contributed by atoms with Gasteiger partial charge in [0, 0.05) is 52.6 Å². The van der Waals surface area contributed by atoms with Crippen molar-refractivity contribution in [3.05, 3.63) is 65.6 Å². The molecule has 1 fully saturated rings. The van der Waals surface area contributed by atoms with Gasteiger partial charge in [-0.25, -0.2) is 23.7 Å². The van der Waals surface area contributed by atoms with Crippen LogP contribution in [-0.4, -0.2) is 62.4 Å². The van der Waals surface area contributed by atoms with Crippen molar-refractivity contribution in [1.82, 2.24) is 29.7 Å². The highest BCUT2D eigenvalue weighted by Crippen LogP contribution is 2.32. The lowest BCUT2D eigenvalue weighted by molar-refractivity contribution is 0.0782. The van der Waals surface area contributed by atoms with E-state index in [9.17, 15) is 13.6 Å². The SMILES string of the molecule is CCC1CC(NC)CC(C)N1CC.Cc1cc2c(F)cc(-c3nc(Nc4ccc(C=O)cn4)ncc3F)cc2n1C(C)C. The number of hydrogen-bond acceptors (Lipinski definition) is 7. The van der Waals surface area contributed by atoms with E-state index in [1.165, 1.54) is 38.1 Å². The van der Waals surface area contributed by atoms with Crippen LogP contribution in [0.25, 0.3) is 22.2 Å². The quantitative estimate of drug-likeness (QED) is 0.212. The Morgan fingerprint density at radius 3 is 2.44 bits per heavy atom. The van der Waals surface area contributed by atoms with Crippen LogP contribution in [0.1, 0.15) is 76.0 Å². The Hall–Kier alpha value is -3.76. The molecule has 0 radical (unpaired) electrons. The molecule has 0 aliphatic carbocycles. The van der Waals surface area contributed by atoms with E-state index in [-0.39, 0.29) is 17.7 Å². The van der Waals surface area contributed by atoms with Crippen molar-refractivity contribution in [3.8, 4) is 11.3 Å². The highest BCUT2D eigenvalue weighted by Gasteiger charge is 2.30. The fourth-order valence-electron chi connectivity index (χ4n) is 6.20. The number of benzene rings is 1. The van der Waals surface area contributed by atoms with Gasteiger partial charge >= 0.3 is 0 Å². The van der Waals surface area contributed by atoms with E-state index >= 15 is 0 Å². The maximum atomic E-state index is 14.8. The molecule has 5 rings (SSSR count). The van der Waals surface area contributed by atoms with Crippen LogP contribution in [0.5, 0.6) is 0 Å². The van der Waals surface area contributed by atoms with Gasteiger partial charge in [0.2, 0.25) is 5.95 Å². The van der Waals surface area contributed by atoms with Crippen molar-refractivity contribution in [1.29, 1.82) is 0 Å². The zero-order valence-corrected chi connectivity index (χ0v) is 26.2. The molecule has 1 saturated heterocycles. The Bertz CT molecular complexity index is 1540. The fourth-order valence-corrected chi connectivity index (χ4v) is 6.20. The predicted molar refractivity (Wildman–Crippen MR) is 169 cm³/mol. The highest BCUT2D eigenvalue weighted by atomic mass is 19.1. The first-order valence-electron chi connectivity index (χ1n) is 15.0. The molecule has 3 atom stereocenters. The molecule has 10 heteroatoms. The third kappa shape index (κ3) is 7.25. The molecular weight excluding hydrogens is 548 g/mol. The van der Waals surface area contributed by atoms with Gasteiger partial charge in [-0.1, -0.05) is 13.8 Å². The Morgan fingerprint density at radius 1 is 1.07 bits per heavy atom. The van der Waals surface area contributed by atoms with E-state index < -0.39 is 11.6 Å². The summed E-state index contributed by atoms with van der Waals surface area (Å²) in [6.45, 7) is 14.1. The van der Waals surface area contributed by atoms with Crippen LogP contribution < -0.4 is 10.6 Å². The number of anilines is 2. The lowest BCUT2D eigenvalue weighted by Gasteiger charge is -2.43. The summed E-state index contributed by atoms with van der Waals surface area (Å²) in [7, 11) is 2.09. The largest absolute Gasteiger partial charge is 0.342 e. The first-order valence-corrected chi connectivity index (χ1v) is 15.0. The third-order valence-electron chi connectivity index (χ3n) is 8.26. The summed E-state index contributed by atoms with van der Waals surface area (Å²) in [5.41, 5.74) is 2.32. The Morgan fingerprint density at radius 2 is 1.84 bits per heavy atom. The summed E-state index contributed by atoms with van der Waals surface area (Å²) in [5, 5.41) is 6.76. The van der Waals surface area contributed by atoms with Crippen LogP contribution in [0.3, 0.4) is 0 Å². The van der Waals surface area contributed by atoms with Crippen molar-refractivity contribution in [3.63, 3.8) is 0 Å². The maximum absolute atomic E-state index is 14.8. The molecule has 3 aromatic heterocycles. The van der Waals surface area contributed by atoms with Crippen LogP contribution in [0.4, 0.5) is 20.5 Å². The second-order valence-electron chi connectivity index (χ2n) is 11.4. The molecule has 3 unspecified atom stereocenters. The number of nitrogens with zero attached hydrogens (tertiary/aromatic N) is 5. The van der Waals surface area contributed by atoms with Crippen LogP contribution >= 0.6 is 0 Å². The zero-order valence-electron chi connectivity index (χ0n) is 26.2. The third-order valence-corrected chi connectivity index (χ3v) is 8.26. The van der Waals surface area contributed by atoms with Crippen LogP contribution in [0.2, 0.25) is 0 Å². The Labute approximate surface area is 252 Å². The molecule has 1 aliphatic rings. The zero-order chi connectivity index (χ0) is 31.3. The summed E-state index contributed by atoms with van der Waals surface area (Å²) >= 11 is 0. The lowest BCUT2D eigenvalue weighted by Crippen LogP contribution is -2.52. The van der Waals surface area contributed by atoms with Gasteiger partial charge in [-0.3, -0.25) is 9.69 Å². The second-order valence-corrected chi connectivity index (χ2v) is 11.4. The number of hydrogen-bond donors (Lipinski definition) is 2. The molecule has 2 N–H and O–H groups in total. The van der Waals surface area contributed by atoms with Gasteiger partial charge in [0.05, 0.1) is 11.7 Å². The first-order chi connectivity index (χ1) is 20.6. The van der Waals surface area contributed by atoms with Gasteiger partial charge in [0.15, 0.2) is 12.1 Å². The van der Waals surface area contributed by atoms with E-state index in [1.54, 1.807) is 24.3 Å². The standard InChI is InChI=1S/C22H19F2N5O.C11H24N2/c1-12(2)29-13(3)6-16-17(23)7-15(8-19(16)29)21-18(24)10-26-22(28-21)27-20-5-4-14(11-30)9-25-20;1-5-11-8-10(12-4)7-9(3)13(11)6-2/h4-12H,1-3H3,(H,25,26,27,28);9-12H,5-8H2,1-4H3. The highest BCUT2D eigenvalue weighted by molar-refractivity contribution is 5.87. The Balaban J connectivity index is 0.000000273. The molecule has 43 heavy (non-hydrogen) atoms. The fraction of sp³-hybridized carbons (Fsp3) is 0.455. The number of halogens is 2. The topological polar surface area (TPSA) is 88.0 Å². The summed E-state index contributed by atoms with van der Waals surface area (Å²) in [5.74, 6) is -0.607. The number of likely N-dealkylation sites (tertiary alicyclic amines) is 1. The number of carbonyl (C=O) groups excluding carboxylic acids is 1. The van der Waals surface area contributed by atoms with Crippen LogP contribution in [-0.2, 0) is 0 Å². The average Bonchev–Trinajstić information content (AvgIpc) is 3.34. The van der Waals surface area contributed by atoms with Gasteiger partial charge in [-0.15, -0.1) is 0 Å². The molecule has 4 heterocycles. The van der Waals surface area contributed by atoms with E-state index in [2.05, 4.69) is 58.3 Å². The molecule has 8 nitrogen and oxygen atoms in total. The number of piperidine rings is 1. The minimum absolute atomic E-state index is 0.0213. The number of carbonyl (C=O) groups is 1. The van der Waals surface area contributed by atoms with Crippen molar-refractivity contribution >= 4 is 29.0 Å². The van der Waals surface area contributed by atoms with Crippen molar-refractivity contribution < 1.29 is 13.6 Å². The number of rotatable bonds is 8. The van der Waals surface area contributed by atoms with Gasteiger partial charge in [0.1, 0.15) is 17.3 Å². The average molecular weight is 592 g/mol. The van der Waals surface area contributed by atoms with Crippen molar-refractivity contribution in [2.45, 2.75) is 85.0 Å². The number of aromatic nitrogens is 4. The summed E-state index contributed by atoms with van der Waals surface area (Å²) < 4.78 is 31.4. The molecule has 1 aliphatic heterocycles. The van der Waals surface area contributed by atoms with Crippen LogP contribution in [0.15, 0.2) is 42.7 Å². The molecule has 0 amide bonds. The smallest absolute Gasteiger partial charge is 0.229 e. The number of aldehydes is 1. The van der Waals surface area contributed by atoms with Gasteiger partial charge in [-0.05, 0) is 90.9 Å². The Kier molecular flexibility index (Phi) is 10.6. The van der Waals surface area contributed by atoms with Crippen molar-refractivity contribution in [2.24, 2.45) is 0 Å². The van der Waals surface area contributed by atoms with Crippen molar-refractivity contribution in [2.75, 3.05) is 18.9 Å². The molecule has 0 spiro atoms. The number of aryl methyl sites for hydroxylation is 1. The normalized spacial score (nSPS) is 18.9. The van der Waals surface area contributed by atoms with Crippen LogP contribution in [0, 0.1) is 18.6 Å². The van der Waals surface area contributed by atoms with Gasteiger partial charge < -0.3 is 15.2 Å². The van der Waals surface area contributed by atoms with E-state index in [0.29, 0.717) is 34.1 Å². The molecular formula is C33H43F2N7O. The van der Waals surface area contributed by atoms with E-state index in [1.807, 2.05) is 25.3 Å². The van der Waals surface area contributed by atoms with E-state index in [0.717, 1.165) is 30.0 Å². The summed E-state index contributed by atoms with van der Waals surface area (Å²) in [4.78, 5) is 25.6. The summed E-state index contributed by atoms with van der Waals surface area (Å²) in [6, 6.07) is 10.4. The lowest BCUT2D eigenvalue weighted by atomic mass is 9.91. The number of pyridine rings is 1. The minimum atomic E-state index is -0.664. The van der Waals surface area contributed by atoms with Gasteiger partial charge in [-0.2, -0.15) is 0 Å². The monoisotopic (exact) mass is 591 g/mol. The van der Waals surface area contributed by atoms with E-state index in [4.69, 9.17) is 0 Å². The number of nitrogens with one attached hydrogen (secondary N) is 2. The summed E-state index contributed by atoms with van der Waals surface area (Å²) in [6.07, 6.45) is 7.02.